The highest BCUT2D eigenvalue weighted by Gasteiger charge is 2.47. The second-order valence-corrected chi connectivity index (χ2v) is 7.16. The quantitative estimate of drug-likeness (QED) is 0.837. The topological polar surface area (TPSA) is 26.7 Å². The highest BCUT2D eigenvalue weighted by molar-refractivity contribution is 5.02. The van der Waals surface area contributed by atoms with Crippen molar-refractivity contribution >= 4 is 0 Å². The van der Waals surface area contributed by atoms with E-state index in [4.69, 9.17) is 0 Å². The van der Waals surface area contributed by atoms with Crippen LogP contribution in [0.15, 0.2) is 0 Å². The Morgan fingerprint density at radius 2 is 1.95 bits per heavy atom. The van der Waals surface area contributed by atoms with Crippen LogP contribution in [0.4, 0.5) is 0 Å². The molecule has 3 fully saturated rings. The summed E-state index contributed by atoms with van der Waals surface area (Å²) in [6, 6.07) is 1.49. The molecule has 0 spiro atoms. The lowest BCUT2D eigenvalue weighted by Crippen LogP contribution is -2.64. The SMILES string of the molecule is CCCCN1C[C@@H]2CCCN3CCC[C@@H]([C@H]23)[C@H]1CCO. The predicted octanol–water partition coefficient (Wildman–Crippen LogP) is 2.34. The van der Waals surface area contributed by atoms with E-state index in [1.807, 2.05) is 0 Å². The Hall–Kier alpha value is -0.120. The fourth-order valence-electron chi connectivity index (χ4n) is 5.23. The molecule has 3 nitrogen and oxygen atoms in total. The summed E-state index contributed by atoms with van der Waals surface area (Å²) in [5, 5.41) is 9.51. The minimum atomic E-state index is 0.362. The van der Waals surface area contributed by atoms with Gasteiger partial charge in [0.05, 0.1) is 0 Å². The van der Waals surface area contributed by atoms with Gasteiger partial charge in [-0.2, -0.15) is 0 Å². The second-order valence-electron chi connectivity index (χ2n) is 7.16. The fourth-order valence-corrected chi connectivity index (χ4v) is 5.23. The number of rotatable bonds is 5. The lowest BCUT2D eigenvalue weighted by molar-refractivity contribution is -0.0807. The van der Waals surface area contributed by atoms with Crippen molar-refractivity contribution < 1.29 is 5.11 Å². The predicted molar refractivity (Wildman–Crippen MR) is 82.8 cm³/mol. The number of aliphatic hydroxyl groups is 1. The molecule has 0 saturated carbocycles. The van der Waals surface area contributed by atoms with Gasteiger partial charge in [-0.05, 0) is 70.0 Å². The molecular formula is C17H32N2O. The molecule has 0 aromatic heterocycles. The molecule has 0 aliphatic carbocycles. The molecule has 3 rings (SSSR count). The molecule has 0 bridgehead atoms. The molecular weight excluding hydrogens is 248 g/mol. The van der Waals surface area contributed by atoms with E-state index in [-0.39, 0.29) is 0 Å². The van der Waals surface area contributed by atoms with Crippen LogP contribution in [0.3, 0.4) is 0 Å². The van der Waals surface area contributed by atoms with E-state index in [2.05, 4.69) is 16.7 Å². The summed E-state index contributed by atoms with van der Waals surface area (Å²) in [6.07, 6.45) is 9.20. The van der Waals surface area contributed by atoms with Crippen molar-refractivity contribution in [3.8, 4) is 0 Å². The van der Waals surface area contributed by atoms with Crippen LogP contribution in [-0.2, 0) is 0 Å². The van der Waals surface area contributed by atoms with Crippen LogP contribution in [0.2, 0.25) is 0 Å². The molecule has 0 aromatic carbocycles. The van der Waals surface area contributed by atoms with Crippen molar-refractivity contribution in [2.45, 2.75) is 64.0 Å². The molecule has 0 aromatic rings. The smallest absolute Gasteiger partial charge is 0.0446 e. The van der Waals surface area contributed by atoms with Gasteiger partial charge in [-0.3, -0.25) is 9.80 Å². The molecule has 116 valence electrons. The van der Waals surface area contributed by atoms with Crippen molar-refractivity contribution in [2.24, 2.45) is 11.8 Å². The van der Waals surface area contributed by atoms with Crippen LogP contribution < -0.4 is 0 Å². The third kappa shape index (κ3) is 2.77. The maximum atomic E-state index is 9.51. The zero-order valence-electron chi connectivity index (χ0n) is 13.1. The van der Waals surface area contributed by atoms with Gasteiger partial charge < -0.3 is 5.11 Å². The molecule has 3 aliphatic heterocycles. The first-order chi connectivity index (χ1) is 9.85. The molecule has 0 unspecified atom stereocenters. The summed E-state index contributed by atoms with van der Waals surface area (Å²) in [6.45, 7) is 7.86. The highest BCUT2D eigenvalue weighted by atomic mass is 16.3. The van der Waals surface area contributed by atoms with E-state index in [9.17, 15) is 5.11 Å². The summed E-state index contributed by atoms with van der Waals surface area (Å²) in [5.41, 5.74) is 0. The van der Waals surface area contributed by atoms with Crippen molar-refractivity contribution in [2.75, 3.05) is 32.8 Å². The Morgan fingerprint density at radius 1 is 1.15 bits per heavy atom. The average Bonchev–Trinajstić information content (AvgIpc) is 2.48. The number of hydrogen-bond donors (Lipinski definition) is 1. The minimum absolute atomic E-state index is 0.362. The van der Waals surface area contributed by atoms with E-state index >= 15 is 0 Å². The summed E-state index contributed by atoms with van der Waals surface area (Å²) in [4.78, 5) is 5.55. The van der Waals surface area contributed by atoms with Crippen LogP contribution in [0.1, 0.15) is 51.9 Å². The van der Waals surface area contributed by atoms with Gasteiger partial charge in [-0.1, -0.05) is 13.3 Å². The van der Waals surface area contributed by atoms with E-state index < -0.39 is 0 Å². The Labute approximate surface area is 124 Å². The van der Waals surface area contributed by atoms with E-state index in [0.717, 1.165) is 24.3 Å². The number of nitrogens with zero attached hydrogens (tertiary/aromatic N) is 2. The Kier molecular flexibility index (Phi) is 5.00. The maximum absolute atomic E-state index is 9.51. The Balaban J connectivity index is 1.77. The van der Waals surface area contributed by atoms with Crippen molar-refractivity contribution in [3.63, 3.8) is 0 Å². The minimum Gasteiger partial charge on any atom is -0.396 e. The van der Waals surface area contributed by atoms with Crippen LogP contribution in [0.25, 0.3) is 0 Å². The number of unbranched alkanes of at least 4 members (excludes halogenated alkanes) is 1. The summed E-state index contributed by atoms with van der Waals surface area (Å²) in [5.74, 6) is 1.73. The van der Waals surface area contributed by atoms with Gasteiger partial charge in [0.25, 0.3) is 0 Å². The number of likely N-dealkylation sites (tertiary alicyclic amines) is 1. The largest absolute Gasteiger partial charge is 0.396 e. The molecule has 0 amide bonds. The average molecular weight is 280 g/mol. The van der Waals surface area contributed by atoms with Gasteiger partial charge >= 0.3 is 0 Å². The first-order valence-electron chi connectivity index (χ1n) is 8.94. The summed E-state index contributed by atoms with van der Waals surface area (Å²) < 4.78 is 0. The van der Waals surface area contributed by atoms with Crippen LogP contribution in [0.5, 0.6) is 0 Å². The second kappa shape index (κ2) is 6.76. The van der Waals surface area contributed by atoms with Crippen molar-refractivity contribution in [1.82, 2.24) is 9.80 Å². The van der Waals surface area contributed by atoms with Gasteiger partial charge in [0, 0.05) is 25.2 Å². The Bertz CT molecular complexity index is 307. The zero-order chi connectivity index (χ0) is 13.9. The number of aliphatic hydroxyl groups excluding tert-OH is 1. The van der Waals surface area contributed by atoms with Gasteiger partial charge in [-0.25, -0.2) is 0 Å². The standard InChI is InChI=1S/C17H32N2O/c1-2-3-9-19-13-14-6-4-10-18-11-5-7-15(17(14)18)16(19)8-12-20/h14-17,20H,2-13H2,1H3/t14-,15+,16+,17-/m0/s1. The van der Waals surface area contributed by atoms with Gasteiger partial charge in [-0.15, -0.1) is 0 Å². The van der Waals surface area contributed by atoms with E-state index in [1.54, 1.807) is 0 Å². The van der Waals surface area contributed by atoms with E-state index in [0.29, 0.717) is 12.6 Å². The molecule has 0 radical (unpaired) electrons. The van der Waals surface area contributed by atoms with Crippen molar-refractivity contribution in [1.29, 1.82) is 0 Å². The Morgan fingerprint density at radius 3 is 2.70 bits per heavy atom. The molecule has 3 aliphatic rings. The zero-order valence-corrected chi connectivity index (χ0v) is 13.1. The molecule has 20 heavy (non-hydrogen) atoms. The van der Waals surface area contributed by atoms with E-state index in [1.165, 1.54) is 64.7 Å². The highest BCUT2D eigenvalue weighted by Crippen LogP contribution is 2.42. The monoisotopic (exact) mass is 280 g/mol. The first-order valence-corrected chi connectivity index (χ1v) is 8.94. The van der Waals surface area contributed by atoms with Gasteiger partial charge in [0.15, 0.2) is 0 Å². The molecule has 4 atom stereocenters. The third-order valence-electron chi connectivity index (χ3n) is 6.00. The molecule has 3 heteroatoms. The van der Waals surface area contributed by atoms with Gasteiger partial charge in [0.2, 0.25) is 0 Å². The maximum Gasteiger partial charge on any atom is 0.0446 e. The molecule has 1 N–H and O–H groups in total. The molecule has 3 saturated heterocycles. The normalized spacial score (nSPS) is 38.7. The fraction of sp³-hybridized carbons (Fsp3) is 1.00. The first kappa shape index (κ1) is 14.8. The summed E-state index contributed by atoms with van der Waals surface area (Å²) in [7, 11) is 0. The lowest BCUT2D eigenvalue weighted by atomic mass is 9.69. The molecule has 3 heterocycles. The number of piperidine rings is 3. The third-order valence-corrected chi connectivity index (χ3v) is 6.00. The van der Waals surface area contributed by atoms with Crippen LogP contribution in [-0.4, -0.2) is 59.8 Å². The van der Waals surface area contributed by atoms with Crippen LogP contribution >= 0.6 is 0 Å². The van der Waals surface area contributed by atoms with Crippen LogP contribution in [0, 0.1) is 11.8 Å². The lowest BCUT2D eigenvalue weighted by Gasteiger charge is -2.57. The number of hydrogen-bond acceptors (Lipinski definition) is 3. The van der Waals surface area contributed by atoms with Gasteiger partial charge in [0.1, 0.15) is 0 Å². The summed E-state index contributed by atoms with van der Waals surface area (Å²) >= 11 is 0. The van der Waals surface area contributed by atoms with Crippen molar-refractivity contribution in [3.05, 3.63) is 0 Å².